The Morgan fingerprint density at radius 2 is 2.38 bits per heavy atom. The molecule has 0 N–H and O–H groups in total. The summed E-state index contributed by atoms with van der Waals surface area (Å²) < 4.78 is 14.8. The summed E-state index contributed by atoms with van der Waals surface area (Å²) in [4.78, 5) is 0. The molecule has 0 heterocycles. The normalized spacial score (nSPS) is 21.2. The molecule has 0 aromatic rings. The van der Waals surface area contributed by atoms with Gasteiger partial charge in [-0.25, -0.2) is 0 Å². The number of hydrogen-bond donors (Lipinski definition) is 0. The molecule has 50 valence electrons. The van der Waals surface area contributed by atoms with Crippen LogP contribution in [0.2, 0.25) is 0 Å². The Bertz CT molecular complexity index is 69.7. The van der Waals surface area contributed by atoms with Crippen molar-refractivity contribution in [3.8, 4) is 0 Å². The van der Waals surface area contributed by atoms with E-state index in [1.165, 1.54) is 0 Å². The molecule has 0 heteroatoms. The lowest BCUT2D eigenvalue weighted by Gasteiger charge is -2.04. The van der Waals surface area contributed by atoms with Crippen LogP contribution in [0.25, 0.3) is 0 Å². The predicted molar refractivity (Wildman–Crippen MR) is 39.0 cm³/mol. The van der Waals surface area contributed by atoms with E-state index >= 15 is 0 Å². The Hall–Kier alpha value is 0. The third kappa shape index (κ3) is 4.17. The summed E-state index contributed by atoms with van der Waals surface area (Å²) in [5.74, 6) is 0.306. The maximum atomic E-state index is 7.61. The highest BCUT2D eigenvalue weighted by Gasteiger charge is 1.94. The van der Waals surface area contributed by atoms with Gasteiger partial charge >= 0.3 is 0 Å². The Morgan fingerprint density at radius 3 is 2.75 bits per heavy atom. The third-order valence-electron chi connectivity index (χ3n) is 1.31. The van der Waals surface area contributed by atoms with Gasteiger partial charge in [0.05, 0.1) is 0 Å². The molecule has 0 spiro atoms. The molecular formula is C8H18. The zero-order valence-electron chi connectivity index (χ0n) is 7.98. The minimum atomic E-state index is 0.00694. The largest absolute Gasteiger partial charge is 0.0654 e. The molecule has 0 aliphatic carbocycles. The molecule has 0 radical (unpaired) electrons. The van der Waals surface area contributed by atoms with E-state index in [-0.39, 0.29) is 6.40 Å². The second kappa shape index (κ2) is 5.14. The fraction of sp³-hybridized carbons (Fsp3) is 1.00. The molecule has 0 aliphatic rings. The quantitative estimate of drug-likeness (QED) is 0.529. The van der Waals surface area contributed by atoms with E-state index in [1.54, 1.807) is 0 Å². The van der Waals surface area contributed by atoms with Crippen LogP contribution in [-0.4, -0.2) is 0 Å². The zero-order valence-corrected chi connectivity index (χ0v) is 5.98. The Labute approximate surface area is 56.1 Å². The summed E-state index contributed by atoms with van der Waals surface area (Å²) >= 11 is 0. The Morgan fingerprint density at radius 1 is 1.62 bits per heavy atom. The minimum Gasteiger partial charge on any atom is -0.0654 e. The summed E-state index contributed by atoms with van der Waals surface area (Å²) in [6.45, 7) is 4.58. The van der Waals surface area contributed by atoms with E-state index in [0.29, 0.717) is 12.8 Å². The molecule has 0 saturated carbocycles. The van der Waals surface area contributed by atoms with E-state index in [4.69, 9.17) is 2.74 Å². The van der Waals surface area contributed by atoms with Crippen LogP contribution in [0.5, 0.6) is 0 Å². The third-order valence-corrected chi connectivity index (χ3v) is 1.31. The van der Waals surface area contributed by atoms with Crippen molar-refractivity contribution in [3.63, 3.8) is 0 Å². The Balaban J connectivity index is 3.53. The van der Waals surface area contributed by atoms with E-state index in [2.05, 4.69) is 13.8 Å². The second-order valence-corrected chi connectivity index (χ2v) is 2.19. The molecule has 0 aromatic carbocycles. The summed E-state index contributed by atoms with van der Waals surface area (Å²) in [5.41, 5.74) is 0. The standard InChI is InChI=1S/C8H18/c1-4-6-7-8(3)5-2/h8H,4-7H2,1-3H3/i3D,7D. The van der Waals surface area contributed by atoms with Gasteiger partial charge in [-0.1, -0.05) is 46.4 Å². The minimum absolute atomic E-state index is 0.00694. The van der Waals surface area contributed by atoms with Crippen LogP contribution in [-0.2, 0) is 0 Å². The van der Waals surface area contributed by atoms with Gasteiger partial charge in [0.15, 0.2) is 0 Å². The first kappa shape index (κ1) is 4.84. The van der Waals surface area contributed by atoms with Gasteiger partial charge in [0.25, 0.3) is 0 Å². The van der Waals surface area contributed by atoms with Crippen molar-refractivity contribution in [3.05, 3.63) is 0 Å². The maximum Gasteiger partial charge on any atom is 0.0269 e. The van der Waals surface area contributed by atoms with Gasteiger partial charge in [-0.15, -0.1) is 0 Å². The van der Waals surface area contributed by atoms with E-state index in [1.807, 2.05) is 0 Å². The van der Waals surface area contributed by atoms with Crippen molar-refractivity contribution in [2.24, 2.45) is 5.92 Å². The van der Waals surface area contributed by atoms with Crippen molar-refractivity contribution in [2.45, 2.75) is 46.4 Å². The summed E-state index contributed by atoms with van der Waals surface area (Å²) in [6, 6.07) is 0. The van der Waals surface area contributed by atoms with Crippen LogP contribution >= 0.6 is 0 Å². The lowest BCUT2D eigenvalue weighted by atomic mass is 10.0. The molecule has 0 aromatic heterocycles. The fourth-order valence-corrected chi connectivity index (χ4v) is 0.569. The maximum absolute atomic E-state index is 7.61. The van der Waals surface area contributed by atoms with E-state index in [9.17, 15) is 0 Å². The molecular weight excluding hydrogens is 96.1 g/mol. The molecule has 0 bridgehead atoms. The second-order valence-electron chi connectivity index (χ2n) is 2.19. The first-order chi connectivity index (χ1) is 4.76. The lowest BCUT2D eigenvalue weighted by molar-refractivity contribution is 0.492. The van der Waals surface area contributed by atoms with Crippen LogP contribution in [0.3, 0.4) is 0 Å². The van der Waals surface area contributed by atoms with Crippen LogP contribution in [0.4, 0.5) is 0 Å². The molecule has 0 aliphatic heterocycles. The van der Waals surface area contributed by atoms with Gasteiger partial charge in [-0.3, -0.25) is 0 Å². The molecule has 0 amide bonds. The van der Waals surface area contributed by atoms with Gasteiger partial charge in [0.2, 0.25) is 0 Å². The van der Waals surface area contributed by atoms with Crippen molar-refractivity contribution in [1.29, 1.82) is 0 Å². The average molecular weight is 116 g/mol. The topological polar surface area (TPSA) is 0 Å². The number of hydrogen-bond acceptors (Lipinski definition) is 0. The highest BCUT2D eigenvalue weighted by atomic mass is 14.0. The van der Waals surface area contributed by atoms with Gasteiger partial charge in [0.1, 0.15) is 0 Å². The average Bonchev–Trinajstić information content (AvgIpc) is 1.91. The highest BCUT2D eigenvalue weighted by molar-refractivity contribution is 4.47. The number of rotatable bonds is 4. The van der Waals surface area contributed by atoms with Crippen molar-refractivity contribution in [2.75, 3.05) is 0 Å². The smallest absolute Gasteiger partial charge is 0.0269 e. The molecule has 0 fully saturated rings. The van der Waals surface area contributed by atoms with Crippen LogP contribution in [0.15, 0.2) is 0 Å². The van der Waals surface area contributed by atoms with Gasteiger partial charge in [-0.05, 0) is 5.92 Å². The monoisotopic (exact) mass is 116 g/mol. The van der Waals surface area contributed by atoms with E-state index in [0.717, 1.165) is 19.3 Å². The molecule has 8 heavy (non-hydrogen) atoms. The summed E-state index contributed by atoms with van der Waals surface area (Å²) in [6.07, 6.45) is 3.02. The molecule has 0 nitrogen and oxygen atoms in total. The van der Waals surface area contributed by atoms with Crippen molar-refractivity contribution < 1.29 is 2.74 Å². The fourth-order valence-electron chi connectivity index (χ4n) is 0.569. The Kier molecular flexibility index (Phi) is 3.11. The zero-order chi connectivity index (χ0) is 7.98. The van der Waals surface area contributed by atoms with Crippen molar-refractivity contribution >= 4 is 0 Å². The summed E-state index contributed by atoms with van der Waals surface area (Å²) in [5, 5.41) is 0. The first-order valence-corrected chi connectivity index (χ1v) is 3.47. The lowest BCUT2D eigenvalue weighted by Crippen LogP contribution is -1.89. The highest BCUT2D eigenvalue weighted by Crippen LogP contribution is 2.09. The predicted octanol–water partition coefficient (Wildman–Crippen LogP) is 3.22. The molecule has 2 unspecified atom stereocenters. The SMILES string of the molecule is [2H]CC(CC)C([2H])CCC. The summed E-state index contributed by atoms with van der Waals surface area (Å²) in [7, 11) is 0. The van der Waals surface area contributed by atoms with Gasteiger partial charge in [0, 0.05) is 2.74 Å². The van der Waals surface area contributed by atoms with Gasteiger partial charge in [-0.2, -0.15) is 0 Å². The van der Waals surface area contributed by atoms with Crippen molar-refractivity contribution in [1.82, 2.24) is 0 Å². The molecule has 2 atom stereocenters. The van der Waals surface area contributed by atoms with Crippen LogP contribution in [0, 0.1) is 5.92 Å². The molecule has 0 saturated heterocycles. The van der Waals surface area contributed by atoms with Crippen LogP contribution in [0.1, 0.15) is 49.1 Å². The first-order valence-electron chi connectivity index (χ1n) is 4.76. The van der Waals surface area contributed by atoms with E-state index < -0.39 is 0 Å². The van der Waals surface area contributed by atoms with Crippen LogP contribution < -0.4 is 0 Å². The molecule has 0 rings (SSSR count). The van der Waals surface area contributed by atoms with Gasteiger partial charge < -0.3 is 0 Å².